The van der Waals surface area contributed by atoms with Crippen molar-refractivity contribution < 1.29 is 9.53 Å². The first-order valence-corrected chi connectivity index (χ1v) is 3.89. The summed E-state index contributed by atoms with van der Waals surface area (Å²) in [5, 5.41) is 0. The van der Waals surface area contributed by atoms with Gasteiger partial charge in [-0.15, -0.1) is 0 Å². The highest BCUT2D eigenvalue weighted by Gasteiger charge is 2.15. The van der Waals surface area contributed by atoms with Gasteiger partial charge in [-0.2, -0.15) is 0 Å². The van der Waals surface area contributed by atoms with Crippen LogP contribution in [-0.2, 0) is 9.53 Å². The highest BCUT2D eigenvalue weighted by molar-refractivity contribution is 5.88. The van der Waals surface area contributed by atoms with Crippen molar-refractivity contribution in [1.29, 1.82) is 0 Å². The van der Waals surface area contributed by atoms with E-state index in [-0.39, 0.29) is 0 Å². The van der Waals surface area contributed by atoms with Gasteiger partial charge in [-0.3, -0.25) is 0 Å². The van der Waals surface area contributed by atoms with E-state index in [9.17, 15) is 4.79 Å². The largest absolute Gasteiger partial charge is 0.459 e. The van der Waals surface area contributed by atoms with Crippen molar-refractivity contribution in [3.8, 4) is 11.8 Å². The fourth-order valence-corrected chi connectivity index (χ4v) is 1.02. The van der Waals surface area contributed by atoms with Crippen LogP contribution >= 0.6 is 0 Å². The van der Waals surface area contributed by atoms with Crippen molar-refractivity contribution in [1.82, 2.24) is 0 Å². The van der Waals surface area contributed by atoms with Gasteiger partial charge in [0.05, 0.1) is 7.11 Å². The van der Waals surface area contributed by atoms with E-state index in [4.69, 9.17) is 0 Å². The number of rotatable bonds is 1. The lowest BCUT2D eigenvalue weighted by atomic mass is 9.83. The number of esters is 1. The van der Waals surface area contributed by atoms with Crippen molar-refractivity contribution in [2.75, 3.05) is 7.11 Å². The van der Waals surface area contributed by atoms with Crippen LogP contribution < -0.4 is 0 Å². The second-order valence-electron chi connectivity index (χ2n) is 2.79. The molecule has 60 valence electrons. The van der Waals surface area contributed by atoms with Crippen LogP contribution in [0.3, 0.4) is 0 Å². The molecule has 0 spiro atoms. The lowest BCUT2D eigenvalue weighted by Crippen LogP contribution is -2.09. The average molecular weight is 152 g/mol. The molecule has 0 aromatic carbocycles. The lowest BCUT2D eigenvalue weighted by molar-refractivity contribution is -0.133. The van der Waals surface area contributed by atoms with Crippen molar-refractivity contribution in [2.24, 2.45) is 5.92 Å². The SMILES string of the molecule is COC(=O)C#CCC1CCC1. The fourth-order valence-electron chi connectivity index (χ4n) is 1.02. The zero-order chi connectivity index (χ0) is 8.10. The van der Waals surface area contributed by atoms with E-state index in [1.807, 2.05) is 0 Å². The molecule has 2 heteroatoms. The predicted octanol–water partition coefficient (Wildman–Crippen LogP) is 1.35. The highest BCUT2D eigenvalue weighted by atomic mass is 16.5. The van der Waals surface area contributed by atoms with Gasteiger partial charge in [-0.1, -0.05) is 12.3 Å². The standard InChI is InChI=1S/C9H12O2/c1-11-9(10)7-3-6-8-4-2-5-8/h8H,2,4-6H2,1H3. The summed E-state index contributed by atoms with van der Waals surface area (Å²) in [5.41, 5.74) is 0. The molecule has 0 aliphatic heterocycles. The topological polar surface area (TPSA) is 26.3 Å². The first kappa shape index (κ1) is 8.13. The van der Waals surface area contributed by atoms with Crippen LogP contribution in [0.25, 0.3) is 0 Å². The number of ether oxygens (including phenoxy) is 1. The number of carbonyl (C=O) groups is 1. The van der Waals surface area contributed by atoms with E-state index < -0.39 is 5.97 Å². The molecule has 0 amide bonds. The van der Waals surface area contributed by atoms with E-state index in [2.05, 4.69) is 16.6 Å². The summed E-state index contributed by atoms with van der Waals surface area (Å²) in [6, 6.07) is 0. The minimum absolute atomic E-state index is 0.427. The molecule has 0 unspecified atom stereocenters. The maximum absolute atomic E-state index is 10.5. The zero-order valence-corrected chi connectivity index (χ0v) is 6.72. The van der Waals surface area contributed by atoms with Gasteiger partial charge in [0.25, 0.3) is 0 Å². The first-order chi connectivity index (χ1) is 5.33. The van der Waals surface area contributed by atoms with E-state index in [1.54, 1.807) is 0 Å². The molecular weight excluding hydrogens is 140 g/mol. The molecular formula is C9H12O2. The van der Waals surface area contributed by atoms with Crippen molar-refractivity contribution in [2.45, 2.75) is 25.7 Å². The third-order valence-corrected chi connectivity index (χ3v) is 1.99. The molecule has 2 nitrogen and oxygen atoms in total. The molecule has 1 aliphatic carbocycles. The molecule has 0 aromatic rings. The summed E-state index contributed by atoms with van der Waals surface area (Å²) in [7, 11) is 1.35. The summed E-state index contributed by atoms with van der Waals surface area (Å²) in [4.78, 5) is 10.5. The molecule has 0 bridgehead atoms. The van der Waals surface area contributed by atoms with Gasteiger partial charge in [-0.05, 0) is 18.8 Å². The normalized spacial score (nSPS) is 16.1. The molecule has 1 rings (SSSR count). The van der Waals surface area contributed by atoms with Crippen LogP contribution in [0, 0.1) is 17.8 Å². The Bertz CT molecular complexity index is 193. The van der Waals surface area contributed by atoms with Crippen LogP contribution in [0.4, 0.5) is 0 Å². The molecule has 0 aromatic heterocycles. The number of hydrogen-bond acceptors (Lipinski definition) is 2. The summed E-state index contributed by atoms with van der Waals surface area (Å²) in [6.07, 6.45) is 4.73. The molecule has 1 saturated carbocycles. The van der Waals surface area contributed by atoms with E-state index in [1.165, 1.54) is 26.4 Å². The van der Waals surface area contributed by atoms with Crippen molar-refractivity contribution in [3.05, 3.63) is 0 Å². The quantitative estimate of drug-likeness (QED) is 0.322. The summed E-state index contributed by atoms with van der Waals surface area (Å²) < 4.78 is 4.37. The molecule has 1 fully saturated rings. The third kappa shape index (κ3) is 2.63. The minimum Gasteiger partial charge on any atom is -0.459 e. The van der Waals surface area contributed by atoms with Gasteiger partial charge < -0.3 is 4.74 Å². The predicted molar refractivity (Wildman–Crippen MR) is 41.8 cm³/mol. The molecule has 0 N–H and O–H groups in total. The van der Waals surface area contributed by atoms with Gasteiger partial charge in [-0.25, -0.2) is 4.79 Å². The second kappa shape index (κ2) is 4.02. The van der Waals surface area contributed by atoms with E-state index >= 15 is 0 Å². The minimum atomic E-state index is -0.427. The fraction of sp³-hybridized carbons (Fsp3) is 0.667. The van der Waals surface area contributed by atoms with Gasteiger partial charge in [0, 0.05) is 12.3 Å². The highest BCUT2D eigenvalue weighted by Crippen LogP contribution is 2.28. The monoisotopic (exact) mass is 152 g/mol. The van der Waals surface area contributed by atoms with Crippen LogP contribution in [0.1, 0.15) is 25.7 Å². The Morgan fingerprint density at radius 2 is 2.36 bits per heavy atom. The van der Waals surface area contributed by atoms with Crippen LogP contribution in [0.2, 0.25) is 0 Å². The third-order valence-electron chi connectivity index (χ3n) is 1.99. The Hall–Kier alpha value is -0.970. The van der Waals surface area contributed by atoms with Gasteiger partial charge in [0.15, 0.2) is 0 Å². The number of carbonyl (C=O) groups excluding carboxylic acids is 1. The maximum atomic E-state index is 10.5. The van der Waals surface area contributed by atoms with E-state index in [0.717, 1.165) is 12.3 Å². The number of hydrogen-bond donors (Lipinski definition) is 0. The lowest BCUT2D eigenvalue weighted by Gasteiger charge is -2.22. The van der Waals surface area contributed by atoms with Gasteiger partial charge >= 0.3 is 5.97 Å². The van der Waals surface area contributed by atoms with Crippen molar-refractivity contribution >= 4 is 5.97 Å². The Kier molecular flexibility index (Phi) is 2.97. The van der Waals surface area contributed by atoms with Crippen LogP contribution in [-0.4, -0.2) is 13.1 Å². The molecule has 0 heterocycles. The summed E-state index contributed by atoms with van der Waals surface area (Å²) in [6.45, 7) is 0. The molecule has 0 atom stereocenters. The Morgan fingerprint density at radius 3 is 2.82 bits per heavy atom. The van der Waals surface area contributed by atoms with Crippen LogP contribution in [0.5, 0.6) is 0 Å². The molecule has 1 aliphatic rings. The molecule has 0 saturated heterocycles. The zero-order valence-electron chi connectivity index (χ0n) is 6.72. The number of methoxy groups -OCH3 is 1. The smallest absolute Gasteiger partial charge is 0.384 e. The average Bonchev–Trinajstić information content (AvgIpc) is 1.94. The Morgan fingerprint density at radius 1 is 1.64 bits per heavy atom. The molecule has 0 radical (unpaired) electrons. The van der Waals surface area contributed by atoms with E-state index in [0.29, 0.717) is 0 Å². The van der Waals surface area contributed by atoms with Gasteiger partial charge in [0.1, 0.15) is 0 Å². The van der Waals surface area contributed by atoms with Gasteiger partial charge in [0.2, 0.25) is 0 Å². The summed E-state index contributed by atoms with van der Waals surface area (Å²) in [5.74, 6) is 5.55. The Labute approximate surface area is 66.9 Å². The maximum Gasteiger partial charge on any atom is 0.384 e. The second-order valence-corrected chi connectivity index (χ2v) is 2.79. The van der Waals surface area contributed by atoms with Crippen molar-refractivity contribution in [3.63, 3.8) is 0 Å². The van der Waals surface area contributed by atoms with Crippen LogP contribution in [0.15, 0.2) is 0 Å². The Balaban J connectivity index is 2.16. The molecule has 11 heavy (non-hydrogen) atoms. The first-order valence-electron chi connectivity index (χ1n) is 3.89. The summed E-state index contributed by atoms with van der Waals surface area (Å²) >= 11 is 0.